The molecule has 2 aromatic heterocycles. The van der Waals surface area contributed by atoms with E-state index in [1.807, 2.05) is 48.7 Å². The van der Waals surface area contributed by atoms with E-state index in [1.54, 1.807) is 18.3 Å². The van der Waals surface area contributed by atoms with Gasteiger partial charge in [0.05, 0.1) is 4.88 Å². The monoisotopic (exact) mass is 387 g/mol. The lowest BCUT2D eigenvalue weighted by Gasteiger charge is -2.12. The number of aromatic nitrogens is 1. The predicted molar refractivity (Wildman–Crippen MR) is 102 cm³/mol. The van der Waals surface area contributed by atoms with E-state index in [4.69, 9.17) is 19.0 Å². The van der Waals surface area contributed by atoms with Gasteiger partial charge in [0, 0.05) is 13.0 Å². The third kappa shape index (κ3) is 4.96. The summed E-state index contributed by atoms with van der Waals surface area (Å²) in [6, 6.07) is 11.2. The highest BCUT2D eigenvalue weighted by Crippen LogP contribution is 2.26. The molecule has 27 heavy (non-hydrogen) atoms. The van der Waals surface area contributed by atoms with E-state index < -0.39 is 12.1 Å². The molecule has 6 nitrogen and oxygen atoms in total. The number of carboxylic acids is 1. The molecule has 0 aliphatic heterocycles. The molecule has 7 heteroatoms. The van der Waals surface area contributed by atoms with Gasteiger partial charge in [0.25, 0.3) is 0 Å². The Labute approximate surface area is 161 Å². The van der Waals surface area contributed by atoms with Gasteiger partial charge < -0.3 is 19.0 Å². The van der Waals surface area contributed by atoms with Gasteiger partial charge in [-0.15, -0.1) is 11.3 Å². The van der Waals surface area contributed by atoms with Crippen molar-refractivity contribution in [3.05, 3.63) is 58.8 Å². The van der Waals surface area contributed by atoms with Crippen molar-refractivity contribution in [2.75, 3.05) is 6.61 Å². The number of aliphatic carboxylic acids is 1. The number of benzene rings is 1. The number of thiophene rings is 1. The molecule has 0 saturated carbocycles. The first-order chi connectivity index (χ1) is 13.1. The van der Waals surface area contributed by atoms with Crippen LogP contribution in [0.25, 0.3) is 10.8 Å². The van der Waals surface area contributed by atoms with Crippen molar-refractivity contribution >= 4 is 17.3 Å². The van der Waals surface area contributed by atoms with Crippen molar-refractivity contribution in [2.24, 2.45) is 0 Å². The summed E-state index contributed by atoms with van der Waals surface area (Å²) in [6.45, 7) is 4.31. The zero-order chi connectivity index (χ0) is 19.2. The van der Waals surface area contributed by atoms with Gasteiger partial charge in [0.1, 0.15) is 23.8 Å². The van der Waals surface area contributed by atoms with Gasteiger partial charge in [0.15, 0.2) is 6.10 Å². The van der Waals surface area contributed by atoms with Crippen LogP contribution in [0.2, 0.25) is 0 Å². The molecule has 0 bridgehead atoms. The maximum Gasteiger partial charge on any atom is 0.333 e. The Hall–Kier alpha value is -2.64. The van der Waals surface area contributed by atoms with Crippen LogP contribution >= 0.6 is 11.3 Å². The Morgan fingerprint density at radius 3 is 2.70 bits per heavy atom. The number of carboxylic acid groups (broad SMARTS) is 1. The first-order valence-corrected chi connectivity index (χ1v) is 9.51. The summed E-state index contributed by atoms with van der Waals surface area (Å²) < 4.78 is 16.7. The highest BCUT2D eigenvalue weighted by atomic mass is 32.1. The second-order valence-corrected chi connectivity index (χ2v) is 6.87. The number of hydrogen-bond donors (Lipinski definition) is 1. The number of aryl methyl sites for hydroxylation is 1. The molecule has 1 atom stereocenters. The number of oxazole rings is 1. The SMILES string of the molecule is CCO[C@@H](Cc1ccc(OCc2nc(-c3cccs3)oc2C)cc1)C(=O)O. The van der Waals surface area contributed by atoms with Crippen molar-refractivity contribution in [1.82, 2.24) is 4.98 Å². The van der Waals surface area contributed by atoms with Gasteiger partial charge in [-0.05, 0) is 43.0 Å². The summed E-state index contributed by atoms with van der Waals surface area (Å²) in [7, 11) is 0. The van der Waals surface area contributed by atoms with Crippen molar-refractivity contribution in [3.8, 4) is 16.5 Å². The smallest absolute Gasteiger partial charge is 0.333 e. The van der Waals surface area contributed by atoms with Crippen LogP contribution < -0.4 is 4.74 Å². The molecule has 2 heterocycles. The standard InChI is InChI=1S/C20H21NO5S/c1-3-24-17(20(22)23)11-14-6-8-15(9-7-14)25-12-16-13(2)26-19(21-16)18-5-4-10-27-18/h4-10,17H,3,11-12H2,1-2H3,(H,22,23)/t17-/m0/s1. The summed E-state index contributed by atoms with van der Waals surface area (Å²) >= 11 is 1.58. The maximum atomic E-state index is 11.2. The van der Waals surface area contributed by atoms with Gasteiger partial charge in [-0.25, -0.2) is 9.78 Å². The maximum absolute atomic E-state index is 11.2. The van der Waals surface area contributed by atoms with Crippen LogP contribution in [0, 0.1) is 6.92 Å². The van der Waals surface area contributed by atoms with E-state index in [9.17, 15) is 4.79 Å². The minimum absolute atomic E-state index is 0.302. The number of rotatable bonds is 9. The molecule has 3 aromatic rings. The highest BCUT2D eigenvalue weighted by molar-refractivity contribution is 7.13. The zero-order valence-corrected chi connectivity index (χ0v) is 16.0. The topological polar surface area (TPSA) is 81.8 Å². The third-order valence-corrected chi connectivity index (χ3v) is 4.85. The average Bonchev–Trinajstić information content (AvgIpc) is 3.30. The molecular formula is C20H21NO5S. The van der Waals surface area contributed by atoms with Crippen LogP contribution in [0.5, 0.6) is 5.75 Å². The average molecular weight is 387 g/mol. The Kier molecular flexibility index (Phi) is 6.26. The van der Waals surface area contributed by atoms with Crippen molar-refractivity contribution < 1.29 is 23.8 Å². The largest absolute Gasteiger partial charge is 0.487 e. The fourth-order valence-corrected chi connectivity index (χ4v) is 3.22. The molecule has 0 unspecified atom stereocenters. The summed E-state index contributed by atoms with van der Waals surface area (Å²) in [5.41, 5.74) is 1.63. The second-order valence-electron chi connectivity index (χ2n) is 5.92. The summed E-state index contributed by atoms with van der Waals surface area (Å²) in [4.78, 5) is 16.7. The van der Waals surface area contributed by atoms with Gasteiger partial charge in [0.2, 0.25) is 5.89 Å². The van der Waals surface area contributed by atoms with Crippen LogP contribution in [0.4, 0.5) is 0 Å². The molecule has 0 amide bonds. The molecule has 0 fully saturated rings. The van der Waals surface area contributed by atoms with E-state index in [1.165, 1.54) is 0 Å². The Morgan fingerprint density at radius 1 is 1.30 bits per heavy atom. The minimum Gasteiger partial charge on any atom is -0.487 e. The second kappa shape index (κ2) is 8.83. The molecule has 0 spiro atoms. The normalized spacial score (nSPS) is 12.1. The van der Waals surface area contributed by atoms with Gasteiger partial charge in [-0.2, -0.15) is 0 Å². The molecule has 0 aliphatic carbocycles. The zero-order valence-electron chi connectivity index (χ0n) is 15.2. The minimum atomic E-state index is -0.958. The van der Waals surface area contributed by atoms with E-state index in [0.29, 0.717) is 31.3 Å². The number of carbonyl (C=O) groups is 1. The van der Waals surface area contributed by atoms with Gasteiger partial charge >= 0.3 is 5.97 Å². The first kappa shape index (κ1) is 19.1. The van der Waals surface area contributed by atoms with Crippen LogP contribution in [-0.2, 0) is 22.6 Å². The predicted octanol–water partition coefficient (Wildman–Crippen LogP) is 4.32. The molecule has 0 saturated heterocycles. The Bertz CT molecular complexity index is 870. The van der Waals surface area contributed by atoms with E-state index >= 15 is 0 Å². The molecule has 1 aromatic carbocycles. The molecular weight excluding hydrogens is 366 g/mol. The molecule has 3 rings (SSSR count). The van der Waals surface area contributed by atoms with Crippen LogP contribution in [0.15, 0.2) is 46.2 Å². The van der Waals surface area contributed by atoms with E-state index in [-0.39, 0.29) is 0 Å². The quantitative estimate of drug-likeness (QED) is 0.589. The molecule has 0 aliphatic rings. The first-order valence-electron chi connectivity index (χ1n) is 8.63. The molecule has 1 N–H and O–H groups in total. The molecule has 142 valence electrons. The number of nitrogens with zero attached hydrogens (tertiary/aromatic N) is 1. The van der Waals surface area contributed by atoms with Gasteiger partial charge in [-0.3, -0.25) is 0 Å². The van der Waals surface area contributed by atoms with E-state index in [2.05, 4.69) is 4.98 Å². The number of ether oxygens (including phenoxy) is 2. The van der Waals surface area contributed by atoms with Crippen LogP contribution in [-0.4, -0.2) is 28.8 Å². The van der Waals surface area contributed by atoms with Crippen LogP contribution in [0.3, 0.4) is 0 Å². The van der Waals surface area contributed by atoms with Crippen molar-refractivity contribution in [3.63, 3.8) is 0 Å². The lowest BCUT2D eigenvalue weighted by Crippen LogP contribution is -2.26. The van der Waals surface area contributed by atoms with Crippen molar-refractivity contribution in [1.29, 1.82) is 0 Å². The summed E-state index contributed by atoms with van der Waals surface area (Å²) in [5, 5.41) is 11.1. The van der Waals surface area contributed by atoms with E-state index in [0.717, 1.165) is 21.9 Å². The van der Waals surface area contributed by atoms with Crippen LogP contribution in [0.1, 0.15) is 23.9 Å². The Balaban J connectivity index is 1.60. The fourth-order valence-electron chi connectivity index (χ4n) is 2.57. The van der Waals surface area contributed by atoms with Crippen molar-refractivity contribution in [2.45, 2.75) is 33.0 Å². The lowest BCUT2D eigenvalue weighted by molar-refractivity contribution is -0.149. The summed E-state index contributed by atoms with van der Waals surface area (Å²) in [5.74, 6) is 1.06. The number of hydrogen-bond acceptors (Lipinski definition) is 6. The Morgan fingerprint density at radius 2 is 2.07 bits per heavy atom. The van der Waals surface area contributed by atoms with Gasteiger partial charge in [-0.1, -0.05) is 18.2 Å². The fraction of sp³-hybridized carbons (Fsp3) is 0.300. The summed E-state index contributed by atoms with van der Waals surface area (Å²) in [6.07, 6.45) is -0.522. The molecule has 0 radical (unpaired) electrons. The third-order valence-electron chi connectivity index (χ3n) is 3.99. The lowest BCUT2D eigenvalue weighted by atomic mass is 10.1. The highest BCUT2D eigenvalue weighted by Gasteiger charge is 2.18.